The molecule has 4 heteroatoms. The Morgan fingerprint density at radius 1 is 1.47 bits per heavy atom. The van der Waals surface area contributed by atoms with E-state index in [4.69, 9.17) is 5.73 Å². The van der Waals surface area contributed by atoms with Crippen LogP contribution in [0.2, 0.25) is 0 Å². The van der Waals surface area contributed by atoms with Crippen LogP contribution in [0, 0.1) is 12.7 Å². The molecule has 0 aliphatic carbocycles. The number of benzene rings is 1. The molecule has 0 radical (unpaired) electrons. The lowest BCUT2D eigenvalue weighted by molar-refractivity contribution is 0.240. The van der Waals surface area contributed by atoms with E-state index in [1.54, 1.807) is 13.0 Å². The van der Waals surface area contributed by atoms with Gasteiger partial charge in [0.2, 0.25) is 0 Å². The number of hydrogen-bond acceptors (Lipinski definition) is 3. The first-order valence-electron chi connectivity index (χ1n) is 6.97. The van der Waals surface area contributed by atoms with Crippen molar-refractivity contribution < 1.29 is 9.50 Å². The summed E-state index contributed by atoms with van der Waals surface area (Å²) in [4.78, 5) is 2.19. The largest absolute Gasteiger partial charge is 0.394 e. The zero-order valence-electron chi connectivity index (χ0n) is 11.7. The van der Waals surface area contributed by atoms with E-state index in [1.807, 2.05) is 13.0 Å². The van der Waals surface area contributed by atoms with Crippen LogP contribution in [0.4, 0.5) is 10.1 Å². The van der Waals surface area contributed by atoms with Crippen LogP contribution in [0.5, 0.6) is 0 Å². The summed E-state index contributed by atoms with van der Waals surface area (Å²) in [6.45, 7) is 4.66. The maximum absolute atomic E-state index is 13.7. The van der Waals surface area contributed by atoms with Gasteiger partial charge in [0.1, 0.15) is 5.82 Å². The van der Waals surface area contributed by atoms with Crippen molar-refractivity contribution >= 4 is 5.69 Å². The molecule has 3 N–H and O–H groups in total. The highest BCUT2D eigenvalue weighted by Gasteiger charge is 2.25. The zero-order valence-corrected chi connectivity index (χ0v) is 11.7. The fourth-order valence-corrected chi connectivity index (χ4v) is 2.80. The summed E-state index contributed by atoms with van der Waals surface area (Å²) in [7, 11) is 0. The standard InChI is InChI=1S/C15H23FN2O/c1-10-7-15(13(11(2)17)8-14(10)16)18-6-4-3-5-12(18)9-19/h7-8,11-12,19H,3-6,9,17H2,1-2H3/t11-,12?/m1/s1. The van der Waals surface area contributed by atoms with Gasteiger partial charge in [-0.1, -0.05) is 0 Å². The van der Waals surface area contributed by atoms with E-state index in [-0.39, 0.29) is 24.5 Å². The molecule has 2 atom stereocenters. The molecule has 1 saturated heterocycles. The number of piperidine rings is 1. The molecule has 0 spiro atoms. The van der Waals surface area contributed by atoms with Crippen molar-refractivity contribution in [3.05, 3.63) is 29.1 Å². The molecule has 0 saturated carbocycles. The second-order valence-corrected chi connectivity index (χ2v) is 5.47. The van der Waals surface area contributed by atoms with Gasteiger partial charge >= 0.3 is 0 Å². The molecule has 1 aliphatic rings. The monoisotopic (exact) mass is 266 g/mol. The minimum Gasteiger partial charge on any atom is -0.394 e. The molecule has 2 rings (SSSR count). The van der Waals surface area contributed by atoms with Crippen molar-refractivity contribution in [2.24, 2.45) is 5.73 Å². The Morgan fingerprint density at radius 2 is 2.21 bits per heavy atom. The molecule has 1 aromatic carbocycles. The number of hydrogen-bond donors (Lipinski definition) is 2. The number of rotatable bonds is 3. The van der Waals surface area contributed by atoms with E-state index >= 15 is 0 Å². The van der Waals surface area contributed by atoms with Crippen molar-refractivity contribution in [2.75, 3.05) is 18.1 Å². The summed E-state index contributed by atoms with van der Waals surface area (Å²) >= 11 is 0. The molecule has 1 aliphatic heterocycles. The van der Waals surface area contributed by atoms with Gasteiger partial charge in [0.15, 0.2) is 0 Å². The first kappa shape index (κ1) is 14.3. The van der Waals surface area contributed by atoms with Crippen LogP contribution in [0.15, 0.2) is 12.1 Å². The van der Waals surface area contributed by atoms with Gasteiger partial charge in [-0.25, -0.2) is 4.39 Å². The molecule has 1 fully saturated rings. The minimum atomic E-state index is -0.216. The smallest absolute Gasteiger partial charge is 0.126 e. The third-order valence-electron chi connectivity index (χ3n) is 3.95. The van der Waals surface area contributed by atoms with Gasteiger partial charge in [-0.3, -0.25) is 0 Å². The summed E-state index contributed by atoms with van der Waals surface area (Å²) in [5, 5.41) is 9.53. The predicted octanol–water partition coefficient (Wildman–Crippen LogP) is 2.51. The van der Waals surface area contributed by atoms with E-state index in [2.05, 4.69) is 4.90 Å². The maximum Gasteiger partial charge on any atom is 0.126 e. The molecule has 0 aromatic heterocycles. The molecule has 1 unspecified atom stereocenters. The summed E-state index contributed by atoms with van der Waals surface area (Å²) in [5.74, 6) is -0.214. The van der Waals surface area contributed by atoms with E-state index in [0.717, 1.165) is 37.1 Å². The normalized spacial score (nSPS) is 21.5. The number of aryl methyl sites for hydroxylation is 1. The average Bonchev–Trinajstić information content (AvgIpc) is 2.41. The highest BCUT2D eigenvalue weighted by Crippen LogP contribution is 2.32. The lowest BCUT2D eigenvalue weighted by Crippen LogP contribution is -2.42. The van der Waals surface area contributed by atoms with Crippen LogP contribution in [0.25, 0.3) is 0 Å². The van der Waals surface area contributed by atoms with Gasteiger partial charge in [-0.2, -0.15) is 0 Å². The number of aliphatic hydroxyl groups excluding tert-OH is 1. The third kappa shape index (κ3) is 2.90. The number of halogens is 1. The van der Waals surface area contributed by atoms with Crippen molar-refractivity contribution in [1.29, 1.82) is 0 Å². The Kier molecular flexibility index (Phi) is 4.42. The molecule has 0 bridgehead atoms. The summed E-state index contributed by atoms with van der Waals surface area (Å²) < 4.78 is 13.7. The molecule has 1 aromatic rings. The molecular weight excluding hydrogens is 243 g/mol. The summed E-state index contributed by atoms with van der Waals surface area (Å²) in [5.41, 5.74) is 8.40. The highest BCUT2D eigenvalue weighted by atomic mass is 19.1. The van der Waals surface area contributed by atoms with Crippen molar-refractivity contribution in [1.82, 2.24) is 0 Å². The van der Waals surface area contributed by atoms with E-state index < -0.39 is 0 Å². The highest BCUT2D eigenvalue weighted by molar-refractivity contribution is 5.58. The first-order chi connectivity index (χ1) is 9.04. The van der Waals surface area contributed by atoms with E-state index in [1.165, 1.54) is 0 Å². The Morgan fingerprint density at radius 3 is 2.84 bits per heavy atom. The number of nitrogens with zero attached hydrogens (tertiary/aromatic N) is 1. The van der Waals surface area contributed by atoms with Gasteiger partial charge in [-0.15, -0.1) is 0 Å². The SMILES string of the molecule is Cc1cc(N2CCCCC2CO)c([C@@H](C)N)cc1F. The van der Waals surface area contributed by atoms with E-state index in [9.17, 15) is 9.50 Å². The lowest BCUT2D eigenvalue weighted by Gasteiger charge is -2.38. The Hall–Kier alpha value is -1.13. The number of anilines is 1. The molecule has 106 valence electrons. The van der Waals surface area contributed by atoms with Gasteiger partial charge in [-0.05, 0) is 56.4 Å². The lowest BCUT2D eigenvalue weighted by atomic mass is 9.97. The topological polar surface area (TPSA) is 49.5 Å². The van der Waals surface area contributed by atoms with Crippen LogP contribution in [-0.2, 0) is 0 Å². The van der Waals surface area contributed by atoms with E-state index in [0.29, 0.717) is 5.56 Å². The summed E-state index contributed by atoms with van der Waals surface area (Å²) in [6, 6.07) is 3.31. The fraction of sp³-hybridized carbons (Fsp3) is 0.600. The number of nitrogens with two attached hydrogens (primary N) is 1. The summed E-state index contributed by atoms with van der Waals surface area (Å²) in [6.07, 6.45) is 3.21. The van der Waals surface area contributed by atoms with Crippen LogP contribution in [0.3, 0.4) is 0 Å². The molecular formula is C15H23FN2O. The number of aliphatic hydroxyl groups is 1. The second kappa shape index (κ2) is 5.88. The Labute approximate surface area is 114 Å². The van der Waals surface area contributed by atoms with Crippen LogP contribution >= 0.6 is 0 Å². The van der Waals surface area contributed by atoms with Crippen molar-refractivity contribution in [3.8, 4) is 0 Å². The van der Waals surface area contributed by atoms with Crippen molar-refractivity contribution in [2.45, 2.75) is 45.2 Å². The third-order valence-corrected chi connectivity index (χ3v) is 3.95. The Balaban J connectivity index is 2.44. The predicted molar refractivity (Wildman–Crippen MR) is 75.8 cm³/mol. The van der Waals surface area contributed by atoms with Gasteiger partial charge in [0, 0.05) is 18.3 Å². The van der Waals surface area contributed by atoms with Crippen molar-refractivity contribution in [3.63, 3.8) is 0 Å². The molecule has 19 heavy (non-hydrogen) atoms. The second-order valence-electron chi connectivity index (χ2n) is 5.47. The minimum absolute atomic E-state index is 0.121. The molecule has 0 amide bonds. The quantitative estimate of drug-likeness (QED) is 0.883. The van der Waals surface area contributed by atoms with Crippen LogP contribution in [-0.4, -0.2) is 24.3 Å². The fourth-order valence-electron chi connectivity index (χ4n) is 2.80. The van der Waals surface area contributed by atoms with Gasteiger partial charge in [0.05, 0.1) is 12.6 Å². The average molecular weight is 266 g/mol. The Bertz CT molecular complexity index is 448. The molecule has 1 heterocycles. The van der Waals surface area contributed by atoms with Crippen LogP contribution < -0.4 is 10.6 Å². The zero-order chi connectivity index (χ0) is 14.0. The van der Waals surface area contributed by atoms with Crippen LogP contribution in [0.1, 0.15) is 43.4 Å². The van der Waals surface area contributed by atoms with Gasteiger partial charge in [0.25, 0.3) is 0 Å². The first-order valence-corrected chi connectivity index (χ1v) is 6.97. The maximum atomic E-state index is 13.7. The van der Waals surface area contributed by atoms with Gasteiger partial charge < -0.3 is 15.7 Å². The molecule has 3 nitrogen and oxygen atoms in total.